The van der Waals surface area contributed by atoms with E-state index in [4.69, 9.17) is 4.74 Å². The monoisotopic (exact) mass is 418 g/mol. The standard InChI is InChI=1S/C26H42O4/c1-14(22(28)23(29)15(2)27)18-6-7-19-17-12-21(30-5)26-13-16(26)8-11-25(26,4)20(17)9-10-24(18,19)3/h14,16-23,28-29H,6-13H2,1-5H3/t14-,16+,17-,18+,19-,20-,21+,22+,23+,24+,25+,26-/m0/s1. The number of aliphatic hydroxyl groups excluding tert-OH is 2. The van der Waals surface area contributed by atoms with Crippen molar-refractivity contribution in [3.8, 4) is 0 Å². The summed E-state index contributed by atoms with van der Waals surface area (Å²) in [6.45, 7) is 8.49. The summed E-state index contributed by atoms with van der Waals surface area (Å²) in [5.41, 5.74) is 1.10. The van der Waals surface area contributed by atoms with E-state index in [0.717, 1.165) is 24.2 Å². The summed E-state index contributed by atoms with van der Waals surface area (Å²) in [6, 6.07) is 0. The molecule has 0 aliphatic heterocycles. The minimum absolute atomic E-state index is 0.0570. The second kappa shape index (κ2) is 6.78. The van der Waals surface area contributed by atoms with Crippen LogP contribution in [0, 0.1) is 51.8 Å². The van der Waals surface area contributed by atoms with Gasteiger partial charge in [0.2, 0.25) is 0 Å². The number of hydrogen-bond donors (Lipinski definition) is 2. The van der Waals surface area contributed by atoms with Gasteiger partial charge < -0.3 is 14.9 Å². The van der Waals surface area contributed by atoms with Crippen molar-refractivity contribution in [2.75, 3.05) is 7.11 Å². The van der Waals surface area contributed by atoms with Gasteiger partial charge in [-0.2, -0.15) is 0 Å². The van der Waals surface area contributed by atoms with Crippen LogP contribution in [0.5, 0.6) is 0 Å². The van der Waals surface area contributed by atoms with Crippen LogP contribution < -0.4 is 0 Å². The van der Waals surface area contributed by atoms with Crippen LogP contribution in [0.2, 0.25) is 0 Å². The van der Waals surface area contributed by atoms with Crippen molar-refractivity contribution in [3.63, 3.8) is 0 Å². The van der Waals surface area contributed by atoms with Gasteiger partial charge in [0.05, 0.1) is 12.2 Å². The largest absolute Gasteiger partial charge is 0.390 e. The highest BCUT2D eigenvalue weighted by molar-refractivity contribution is 5.80. The van der Waals surface area contributed by atoms with Gasteiger partial charge in [-0.25, -0.2) is 0 Å². The Labute approximate surface area is 182 Å². The van der Waals surface area contributed by atoms with E-state index in [0.29, 0.717) is 28.8 Å². The summed E-state index contributed by atoms with van der Waals surface area (Å²) in [5.74, 6) is 3.10. The smallest absolute Gasteiger partial charge is 0.160 e. The molecule has 5 fully saturated rings. The van der Waals surface area contributed by atoms with Gasteiger partial charge in [0.25, 0.3) is 0 Å². The minimum atomic E-state index is -1.25. The average Bonchev–Trinajstić information content (AvgIpc) is 3.23. The third-order valence-corrected chi connectivity index (χ3v) is 11.8. The number of carbonyl (C=O) groups excluding carboxylic acids is 1. The highest BCUT2D eigenvalue weighted by Gasteiger charge is 2.77. The van der Waals surface area contributed by atoms with Gasteiger partial charge in [-0.15, -0.1) is 0 Å². The summed E-state index contributed by atoms with van der Waals surface area (Å²) in [7, 11) is 1.94. The lowest BCUT2D eigenvalue weighted by atomic mass is 9.45. The van der Waals surface area contributed by atoms with Crippen molar-refractivity contribution in [3.05, 3.63) is 0 Å². The molecular formula is C26H42O4. The van der Waals surface area contributed by atoms with Crippen LogP contribution in [0.4, 0.5) is 0 Å². The lowest BCUT2D eigenvalue weighted by Crippen LogP contribution is -2.57. The first-order chi connectivity index (χ1) is 14.1. The van der Waals surface area contributed by atoms with E-state index in [1.54, 1.807) is 0 Å². The summed E-state index contributed by atoms with van der Waals surface area (Å²) < 4.78 is 6.21. The molecule has 0 aromatic carbocycles. The zero-order chi connectivity index (χ0) is 21.6. The van der Waals surface area contributed by atoms with Crippen LogP contribution in [0.3, 0.4) is 0 Å². The molecule has 0 aromatic rings. The first-order valence-electron chi connectivity index (χ1n) is 12.5. The van der Waals surface area contributed by atoms with E-state index in [1.165, 1.54) is 51.9 Å². The van der Waals surface area contributed by atoms with Crippen LogP contribution >= 0.6 is 0 Å². The molecule has 4 nitrogen and oxygen atoms in total. The quantitative estimate of drug-likeness (QED) is 0.702. The number of rotatable bonds is 5. The maximum Gasteiger partial charge on any atom is 0.160 e. The number of aliphatic hydroxyl groups is 2. The van der Waals surface area contributed by atoms with E-state index in [-0.39, 0.29) is 17.1 Å². The Bertz CT molecular complexity index is 722. The fraction of sp³-hybridized carbons (Fsp3) is 0.962. The third-order valence-electron chi connectivity index (χ3n) is 11.8. The molecule has 5 saturated carbocycles. The molecule has 0 aromatic heterocycles. The molecule has 5 rings (SSSR count). The van der Waals surface area contributed by atoms with E-state index in [9.17, 15) is 15.0 Å². The molecule has 1 spiro atoms. The number of ketones is 1. The maximum absolute atomic E-state index is 11.7. The van der Waals surface area contributed by atoms with Crippen molar-refractivity contribution in [1.29, 1.82) is 0 Å². The molecule has 2 N–H and O–H groups in total. The molecule has 0 unspecified atom stereocenters. The summed E-state index contributed by atoms with van der Waals surface area (Å²) in [6.07, 6.45) is 8.45. The molecule has 0 heterocycles. The van der Waals surface area contributed by atoms with Crippen LogP contribution in [0.25, 0.3) is 0 Å². The topological polar surface area (TPSA) is 66.8 Å². The lowest BCUT2D eigenvalue weighted by molar-refractivity contribution is -0.164. The third kappa shape index (κ3) is 2.48. The van der Waals surface area contributed by atoms with Crippen molar-refractivity contribution >= 4 is 5.78 Å². The SMILES string of the molecule is CO[C@@H]1C[C@H]2[C@@H]3CC[C@H]([C@H](C)[C@@H](O)[C@H](O)C(C)=O)[C@@]3(C)CC[C@@H]2[C@@]2(C)CC[C@@H]3C[C@]312. The molecule has 170 valence electrons. The van der Waals surface area contributed by atoms with Crippen molar-refractivity contribution in [1.82, 2.24) is 0 Å². The number of ether oxygens (including phenoxy) is 1. The molecule has 12 atom stereocenters. The fourth-order valence-electron chi connectivity index (χ4n) is 10.2. The average molecular weight is 419 g/mol. The Morgan fingerprint density at radius 1 is 1.07 bits per heavy atom. The zero-order valence-electron chi connectivity index (χ0n) is 19.6. The second-order valence-corrected chi connectivity index (χ2v) is 12.4. The molecule has 30 heavy (non-hydrogen) atoms. The van der Waals surface area contributed by atoms with Crippen molar-refractivity contribution < 1.29 is 19.7 Å². The Morgan fingerprint density at radius 3 is 2.43 bits per heavy atom. The van der Waals surface area contributed by atoms with Gasteiger partial charge in [0.15, 0.2) is 5.78 Å². The molecule has 0 radical (unpaired) electrons. The summed E-state index contributed by atoms with van der Waals surface area (Å²) >= 11 is 0. The maximum atomic E-state index is 11.7. The zero-order valence-corrected chi connectivity index (χ0v) is 19.6. The molecule has 0 saturated heterocycles. The molecular weight excluding hydrogens is 376 g/mol. The highest BCUT2D eigenvalue weighted by atomic mass is 16.5. The Balaban J connectivity index is 1.42. The number of Topliss-reactive ketones (excluding diaryl/α,β-unsaturated/α-hetero) is 1. The normalized spacial score (nSPS) is 54.4. The predicted octanol–water partition coefficient (Wildman–Crippen LogP) is 4.22. The first-order valence-corrected chi connectivity index (χ1v) is 12.5. The van der Waals surface area contributed by atoms with Crippen LogP contribution in [0.15, 0.2) is 0 Å². The second-order valence-electron chi connectivity index (χ2n) is 12.4. The van der Waals surface area contributed by atoms with Gasteiger partial charge in [0, 0.05) is 12.5 Å². The molecule has 0 amide bonds. The number of methoxy groups -OCH3 is 1. The van der Waals surface area contributed by atoms with Crippen LogP contribution in [-0.2, 0) is 9.53 Å². The van der Waals surface area contributed by atoms with Crippen LogP contribution in [0.1, 0.15) is 79.1 Å². The number of hydrogen-bond acceptors (Lipinski definition) is 4. The van der Waals surface area contributed by atoms with E-state index >= 15 is 0 Å². The Hall–Kier alpha value is -0.450. The lowest BCUT2D eigenvalue weighted by Gasteiger charge is -2.61. The molecule has 5 aliphatic carbocycles. The summed E-state index contributed by atoms with van der Waals surface area (Å²) in [5, 5.41) is 21.0. The molecule has 5 aliphatic rings. The summed E-state index contributed by atoms with van der Waals surface area (Å²) in [4.78, 5) is 11.7. The van der Waals surface area contributed by atoms with Crippen molar-refractivity contribution in [2.24, 2.45) is 51.8 Å². The van der Waals surface area contributed by atoms with Crippen LogP contribution in [-0.4, -0.2) is 41.4 Å². The van der Waals surface area contributed by atoms with Gasteiger partial charge in [-0.1, -0.05) is 20.8 Å². The Kier molecular flexibility index (Phi) is 4.83. The van der Waals surface area contributed by atoms with E-state index in [2.05, 4.69) is 20.8 Å². The fourth-order valence-corrected chi connectivity index (χ4v) is 10.2. The van der Waals surface area contributed by atoms with Gasteiger partial charge in [-0.3, -0.25) is 4.79 Å². The van der Waals surface area contributed by atoms with E-state index < -0.39 is 12.2 Å². The first kappa shape index (κ1) is 21.4. The highest BCUT2D eigenvalue weighted by Crippen LogP contribution is 2.82. The Morgan fingerprint density at radius 2 is 1.80 bits per heavy atom. The van der Waals surface area contributed by atoms with E-state index in [1.807, 2.05) is 7.11 Å². The van der Waals surface area contributed by atoms with Gasteiger partial charge in [-0.05, 0) is 105 Å². The number of fused-ring (bicyclic) bond motifs is 4. The molecule has 0 bridgehead atoms. The van der Waals surface area contributed by atoms with Gasteiger partial charge >= 0.3 is 0 Å². The minimum Gasteiger partial charge on any atom is -0.390 e. The number of carbonyl (C=O) groups is 1. The molecule has 4 heteroatoms. The van der Waals surface area contributed by atoms with Gasteiger partial charge in [0.1, 0.15) is 6.10 Å². The predicted molar refractivity (Wildman–Crippen MR) is 116 cm³/mol. The van der Waals surface area contributed by atoms with Crippen molar-refractivity contribution in [2.45, 2.75) is 97.4 Å².